The van der Waals surface area contributed by atoms with Crippen molar-refractivity contribution >= 4 is 11.9 Å². The van der Waals surface area contributed by atoms with Gasteiger partial charge in [-0.05, 0) is 42.5 Å². The van der Waals surface area contributed by atoms with Gasteiger partial charge in [-0.15, -0.1) is 0 Å². The molecule has 1 atom stereocenters. The molecule has 0 heterocycles. The van der Waals surface area contributed by atoms with Gasteiger partial charge in [0.2, 0.25) is 0 Å². The number of aryl methyl sites for hydroxylation is 1. The predicted molar refractivity (Wildman–Crippen MR) is 90.5 cm³/mol. The molecule has 1 unspecified atom stereocenters. The van der Waals surface area contributed by atoms with Gasteiger partial charge in [-0.25, -0.2) is 4.99 Å². The van der Waals surface area contributed by atoms with Crippen LogP contribution in [0.15, 0.2) is 59.6 Å². The molecule has 3 rings (SSSR count). The fourth-order valence-electron chi connectivity index (χ4n) is 2.90. The van der Waals surface area contributed by atoms with Crippen molar-refractivity contribution in [3.63, 3.8) is 0 Å². The van der Waals surface area contributed by atoms with Crippen LogP contribution in [0.25, 0.3) is 0 Å². The molecule has 23 heavy (non-hydrogen) atoms. The maximum absolute atomic E-state index is 12.2. The van der Waals surface area contributed by atoms with Crippen molar-refractivity contribution in [3.05, 3.63) is 71.3 Å². The van der Waals surface area contributed by atoms with E-state index in [4.69, 9.17) is 4.74 Å². The minimum absolute atomic E-state index is 0.0333. The van der Waals surface area contributed by atoms with Crippen LogP contribution in [0.5, 0.6) is 0 Å². The number of ether oxygens (including phenoxy) is 1. The van der Waals surface area contributed by atoms with Crippen molar-refractivity contribution in [2.45, 2.75) is 25.3 Å². The lowest BCUT2D eigenvalue weighted by Gasteiger charge is -2.23. The predicted octanol–water partition coefficient (Wildman–Crippen LogP) is 3.50. The van der Waals surface area contributed by atoms with Gasteiger partial charge in [0.05, 0.1) is 13.2 Å². The first-order chi connectivity index (χ1) is 11.3. The van der Waals surface area contributed by atoms with Crippen LogP contribution in [0.2, 0.25) is 0 Å². The maximum atomic E-state index is 12.2. The van der Waals surface area contributed by atoms with Crippen molar-refractivity contribution in [2.75, 3.05) is 7.11 Å². The van der Waals surface area contributed by atoms with E-state index in [1.54, 1.807) is 12.1 Å². The quantitative estimate of drug-likeness (QED) is 0.682. The van der Waals surface area contributed by atoms with Crippen LogP contribution in [0.1, 0.15) is 40.4 Å². The number of hydrogen-bond acceptors (Lipinski definition) is 3. The molecule has 4 heteroatoms. The zero-order chi connectivity index (χ0) is 16.1. The number of benzene rings is 2. The standard InChI is InChI=1S/C19H20N2O2/c1-23-19(21-18(22)15-9-3-2-4-10-15)20-17-13-7-11-14-8-5-6-12-16(14)17/h2-6,8-10,12,17H,7,11,13H2,1H3,(H,20,21,22). The second-order valence-electron chi connectivity index (χ2n) is 5.57. The molecule has 4 nitrogen and oxygen atoms in total. The highest BCUT2D eigenvalue weighted by Gasteiger charge is 2.20. The molecular formula is C19H20N2O2. The van der Waals surface area contributed by atoms with Gasteiger partial charge < -0.3 is 4.74 Å². The third-order valence-corrected chi connectivity index (χ3v) is 4.06. The van der Waals surface area contributed by atoms with Crippen LogP contribution in [0.4, 0.5) is 0 Å². The van der Waals surface area contributed by atoms with Gasteiger partial charge in [0.15, 0.2) is 0 Å². The van der Waals surface area contributed by atoms with Gasteiger partial charge in [0.25, 0.3) is 11.9 Å². The number of amides is 1. The summed E-state index contributed by atoms with van der Waals surface area (Å²) in [6.07, 6.45) is 3.14. The van der Waals surface area contributed by atoms with Crippen LogP contribution in [0.3, 0.4) is 0 Å². The lowest BCUT2D eigenvalue weighted by atomic mass is 9.88. The summed E-state index contributed by atoms with van der Waals surface area (Å²) in [7, 11) is 1.53. The molecule has 1 N–H and O–H groups in total. The Morgan fingerprint density at radius 2 is 1.87 bits per heavy atom. The minimum Gasteiger partial charge on any atom is -0.468 e. The van der Waals surface area contributed by atoms with Crippen LogP contribution >= 0.6 is 0 Å². The van der Waals surface area contributed by atoms with Crippen LogP contribution in [-0.2, 0) is 11.2 Å². The van der Waals surface area contributed by atoms with Crippen molar-refractivity contribution in [1.29, 1.82) is 0 Å². The zero-order valence-corrected chi connectivity index (χ0v) is 13.2. The van der Waals surface area contributed by atoms with Gasteiger partial charge >= 0.3 is 0 Å². The molecule has 118 valence electrons. The summed E-state index contributed by atoms with van der Waals surface area (Å²) < 4.78 is 5.28. The first-order valence-corrected chi connectivity index (χ1v) is 7.84. The summed E-state index contributed by atoms with van der Waals surface area (Å²) in [6, 6.07) is 17.7. The fourth-order valence-corrected chi connectivity index (χ4v) is 2.90. The van der Waals surface area contributed by atoms with Crippen molar-refractivity contribution in [3.8, 4) is 0 Å². The van der Waals surface area contributed by atoms with E-state index in [0.717, 1.165) is 19.3 Å². The number of nitrogens with one attached hydrogen (secondary N) is 1. The van der Waals surface area contributed by atoms with Crippen LogP contribution in [-0.4, -0.2) is 19.0 Å². The molecule has 0 aliphatic heterocycles. The number of amidine groups is 1. The third-order valence-electron chi connectivity index (χ3n) is 4.06. The van der Waals surface area contributed by atoms with E-state index in [9.17, 15) is 4.79 Å². The van der Waals surface area contributed by atoms with Crippen LogP contribution in [0, 0.1) is 0 Å². The van der Waals surface area contributed by atoms with Gasteiger partial charge in [-0.2, -0.15) is 0 Å². The molecule has 0 aromatic heterocycles. The number of carbonyl (C=O) groups is 1. The summed E-state index contributed by atoms with van der Waals surface area (Å²) in [4.78, 5) is 16.9. The van der Waals surface area contributed by atoms with Gasteiger partial charge in [-0.1, -0.05) is 42.5 Å². The molecule has 0 saturated carbocycles. The average molecular weight is 308 g/mol. The molecule has 1 aliphatic rings. The number of hydrogen-bond donors (Lipinski definition) is 1. The smallest absolute Gasteiger partial charge is 0.292 e. The topological polar surface area (TPSA) is 50.7 Å². The lowest BCUT2D eigenvalue weighted by molar-refractivity contribution is 0.0968. The first-order valence-electron chi connectivity index (χ1n) is 7.84. The van der Waals surface area contributed by atoms with Crippen molar-refractivity contribution < 1.29 is 9.53 Å². The van der Waals surface area contributed by atoms with Gasteiger partial charge in [0, 0.05) is 5.56 Å². The highest BCUT2D eigenvalue weighted by molar-refractivity contribution is 6.04. The Labute approximate surface area is 136 Å². The molecule has 1 aliphatic carbocycles. The Kier molecular flexibility index (Phi) is 4.71. The molecule has 0 spiro atoms. The van der Waals surface area contributed by atoms with E-state index in [0.29, 0.717) is 5.56 Å². The van der Waals surface area contributed by atoms with Gasteiger partial charge in [0.1, 0.15) is 0 Å². The average Bonchev–Trinajstić information content (AvgIpc) is 2.62. The van der Waals surface area contributed by atoms with E-state index in [-0.39, 0.29) is 18.0 Å². The Balaban J connectivity index is 1.79. The molecule has 0 saturated heterocycles. The van der Waals surface area contributed by atoms with Crippen molar-refractivity contribution in [2.24, 2.45) is 4.99 Å². The summed E-state index contributed by atoms with van der Waals surface area (Å²) in [5.41, 5.74) is 3.14. The number of methoxy groups -OCH3 is 1. The fraction of sp³-hybridized carbons (Fsp3) is 0.263. The monoisotopic (exact) mass is 308 g/mol. The molecular weight excluding hydrogens is 288 g/mol. The molecule has 2 aromatic carbocycles. The van der Waals surface area contributed by atoms with E-state index >= 15 is 0 Å². The highest BCUT2D eigenvalue weighted by atomic mass is 16.5. The minimum atomic E-state index is -0.213. The second kappa shape index (κ2) is 7.09. The number of rotatable bonds is 2. The Morgan fingerprint density at radius 3 is 2.65 bits per heavy atom. The summed E-state index contributed by atoms with van der Waals surface area (Å²) in [6.45, 7) is 0. The SMILES string of the molecule is COC(=NC1CCCc2ccccc21)NC(=O)c1ccccc1. The van der Waals surface area contributed by atoms with Crippen molar-refractivity contribution in [1.82, 2.24) is 5.32 Å². The lowest BCUT2D eigenvalue weighted by Crippen LogP contribution is -2.32. The third kappa shape index (κ3) is 3.59. The Bertz CT molecular complexity index is 710. The maximum Gasteiger partial charge on any atom is 0.292 e. The normalized spacial score (nSPS) is 17.3. The van der Waals surface area contributed by atoms with E-state index in [1.807, 2.05) is 24.3 Å². The number of aliphatic imine (C=N–C) groups is 1. The van der Waals surface area contributed by atoms with Crippen LogP contribution < -0.4 is 5.32 Å². The Morgan fingerprint density at radius 1 is 1.13 bits per heavy atom. The largest absolute Gasteiger partial charge is 0.468 e. The van der Waals surface area contributed by atoms with E-state index in [1.165, 1.54) is 18.2 Å². The first kappa shape index (κ1) is 15.3. The second-order valence-corrected chi connectivity index (χ2v) is 5.57. The molecule has 0 bridgehead atoms. The number of fused-ring (bicyclic) bond motifs is 1. The molecule has 0 radical (unpaired) electrons. The molecule has 1 amide bonds. The molecule has 2 aromatic rings. The Hall–Kier alpha value is -2.62. The molecule has 0 fully saturated rings. The number of nitrogens with zero attached hydrogens (tertiary/aromatic N) is 1. The van der Waals surface area contributed by atoms with Gasteiger partial charge in [-0.3, -0.25) is 10.1 Å². The van der Waals surface area contributed by atoms with E-state index < -0.39 is 0 Å². The number of carbonyl (C=O) groups excluding carboxylic acids is 1. The summed E-state index contributed by atoms with van der Waals surface area (Å²) in [5.74, 6) is -0.213. The van der Waals surface area contributed by atoms with E-state index in [2.05, 4.69) is 28.5 Å². The zero-order valence-electron chi connectivity index (χ0n) is 13.2. The summed E-state index contributed by atoms with van der Waals surface area (Å²) >= 11 is 0. The highest BCUT2D eigenvalue weighted by Crippen LogP contribution is 2.32. The summed E-state index contributed by atoms with van der Waals surface area (Å²) in [5, 5.41) is 2.75.